The zero-order valence-corrected chi connectivity index (χ0v) is 23.5. The summed E-state index contributed by atoms with van der Waals surface area (Å²) in [4.78, 5) is 32.0. The van der Waals surface area contributed by atoms with Crippen molar-refractivity contribution in [1.29, 1.82) is 0 Å². The van der Waals surface area contributed by atoms with Crippen molar-refractivity contribution in [1.82, 2.24) is 34.0 Å². The minimum absolute atomic E-state index is 0.0162. The Bertz CT molecular complexity index is 1780. The lowest BCUT2D eigenvalue weighted by Crippen LogP contribution is -2.34. The first-order chi connectivity index (χ1) is 21.1. The largest absolute Gasteiger partial charge is 0.477 e. The van der Waals surface area contributed by atoms with Crippen molar-refractivity contribution in [3.63, 3.8) is 0 Å². The van der Waals surface area contributed by atoms with Crippen LogP contribution >= 0.6 is 0 Å². The van der Waals surface area contributed by atoms with Gasteiger partial charge in [0.05, 0.1) is 31.2 Å². The number of carboxylic acid groups (broad SMARTS) is 1. The van der Waals surface area contributed by atoms with Crippen LogP contribution in [-0.4, -0.2) is 70.8 Å². The van der Waals surface area contributed by atoms with E-state index >= 15 is 0 Å². The third-order valence-electron chi connectivity index (χ3n) is 7.91. The Morgan fingerprint density at radius 1 is 1.07 bits per heavy atom. The second-order valence-corrected chi connectivity index (χ2v) is 10.8. The number of aromatic carboxylic acids is 1. The summed E-state index contributed by atoms with van der Waals surface area (Å²) in [6, 6.07) is 17.3. The standard InChI is InChI=1S/C32H31N7O4/c40-32(41)28-9-8-27-31(36-28)39(18-25-12-17-42-25)29(34-27)19-37-14-10-23(11-15-37)26-2-1-3-30(35-26)43-20-22-4-6-24(7-5-22)38-16-13-33-21-38/h1-10,13,16,21,25H,11-12,14-15,17-20H2,(H,40,41). The summed E-state index contributed by atoms with van der Waals surface area (Å²) >= 11 is 0. The first kappa shape index (κ1) is 27.0. The van der Waals surface area contributed by atoms with E-state index in [0.29, 0.717) is 36.7 Å². The second kappa shape index (κ2) is 11.8. The molecule has 7 rings (SSSR count). The van der Waals surface area contributed by atoms with Gasteiger partial charge in [-0.15, -0.1) is 0 Å². The average molecular weight is 578 g/mol. The highest BCUT2D eigenvalue weighted by Crippen LogP contribution is 2.26. The van der Waals surface area contributed by atoms with E-state index in [1.165, 1.54) is 11.6 Å². The van der Waals surface area contributed by atoms with Gasteiger partial charge in [-0.3, -0.25) is 4.90 Å². The normalized spacial score (nSPS) is 17.0. The lowest BCUT2D eigenvalue weighted by atomic mass is 10.0. The number of carboxylic acids is 1. The third kappa shape index (κ3) is 5.90. The second-order valence-electron chi connectivity index (χ2n) is 10.8. The van der Waals surface area contributed by atoms with Gasteiger partial charge in [0.1, 0.15) is 17.9 Å². The molecule has 2 aliphatic heterocycles. The zero-order valence-electron chi connectivity index (χ0n) is 23.5. The first-order valence-electron chi connectivity index (χ1n) is 14.4. The number of aromatic nitrogens is 6. The molecule has 11 heteroatoms. The summed E-state index contributed by atoms with van der Waals surface area (Å²) in [5, 5.41) is 9.45. The van der Waals surface area contributed by atoms with Crippen LogP contribution in [0.2, 0.25) is 0 Å². The van der Waals surface area contributed by atoms with E-state index < -0.39 is 5.97 Å². The molecule has 2 aliphatic rings. The predicted octanol–water partition coefficient (Wildman–Crippen LogP) is 4.37. The molecule has 11 nitrogen and oxygen atoms in total. The molecular weight excluding hydrogens is 546 g/mol. The summed E-state index contributed by atoms with van der Waals surface area (Å²) in [7, 11) is 0. The Kier molecular flexibility index (Phi) is 7.40. The number of benzene rings is 1. The van der Waals surface area contributed by atoms with E-state index in [1.54, 1.807) is 18.6 Å². The van der Waals surface area contributed by atoms with E-state index in [0.717, 1.165) is 55.3 Å². The highest BCUT2D eigenvalue weighted by atomic mass is 16.5. The number of carbonyl (C=O) groups is 1. The molecule has 0 saturated carbocycles. The van der Waals surface area contributed by atoms with Gasteiger partial charge in [0.25, 0.3) is 0 Å². The number of fused-ring (bicyclic) bond motifs is 1. The lowest BCUT2D eigenvalue weighted by Gasteiger charge is -2.29. The van der Waals surface area contributed by atoms with Gasteiger partial charge in [0.15, 0.2) is 11.3 Å². The Hall–Kier alpha value is -4.87. The van der Waals surface area contributed by atoms with Gasteiger partial charge in [-0.2, -0.15) is 0 Å². The van der Waals surface area contributed by atoms with Crippen molar-refractivity contribution in [3.05, 3.63) is 102 Å². The molecule has 0 bridgehead atoms. The van der Waals surface area contributed by atoms with Crippen LogP contribution in [0.25, 0.3) is 22.4 Å². The molecule has 218 valence electrons. The Morgan fingerprint density at radius 2 is 1.95 bits per heavy atom. The summed E-state index contributed by atoms with van der Waals surface area (Å²) in [5.41, 5.74) is 5.53. The number of ether oxygens (including phenoxy) is 2. The van der Waals surface area contributed by atoms with Gasteiger partial charge < -0.3 is 23.7 Å². The van der Waals surface area contributed by atoms with Crippen molar-refractivity contribution in [3.8, 4) is 11.6 Å². The minimum atomic E-state index is -1.05. The summed E-state index contributed by atoms with van der Waals surface area (Å²) in [6.45, 7) is 4.03. The van der Waals surface area contributed by atoms with E-state index in [2.05, 4.69) is 20.9 Å². The maximum Gasteiger partial charge on any atom is 0.354 e. The van der Waals surface area contributed by atoms with Gasteiger partial charge in [0, 0.05) is 43.8 Å². The molecule has 1 aromatic carbocycles. The molecule has 1 fully saturated rings. The summed E-state index contributed by atoms with van der Waals surface area (Å²) < 4.78 is 15.7. The molecule has 1 N–H and O–H groups in total. The molecule has 1 saturated heterocycles. The van der Waals surface area contributed by atoms with Crippen molar-refractivity contribution >= 4 is 22.7 Å². The van der Waals surface area contributed by atoms with Crippen LogP contribution < -0.4 is 4.74 Å². The van der Waals surface area contributed by atoms with Gasteiger partial charge >= 0.3 is 5.97 Å². The number of hydrogen-bond acceptors (Lipinski definition) is 8. The van der Waals surface area contributed by atoms with Crippen molar-refractivity contribution in [2.45, 2.75) is 38.6 Å². The van der Waals surface area contributed by atoms with Crippen LogP contribution in [0.1, 0.15) is 40.4 Å². The highest BCUT2D eigenvalue weighted by Gasteiger charge is 2.24. The molecule has 5 aromatic rings. The van der Waals surface area contributed by atoms with E-state index in [1.807, 2.05) is 57.8 Å². The molecule has 0 spiro atoms. The average Bonchev–Trinajstić information content (AvgIpc) is 3.67. The predicted molar refractivity (Wildman–Crippen MR) is 159 cm³/mol. The fraction of sp³-hybridized carbons (Fsp3) is 0.281. The number of imidazole rings is 2. The highest BCUT2D eigenvalue weighted by molar-refractivity contribution is 5.88. The van der Waals surface area contributed by atoms with Gasteiger partial charge in [-0.25, -0.2) is 24.7 Å². The van der Waals surface area contributed by atoms with Gasteiger partial charge in [-0.1, -0.05) is 24.3 Å². The van der Waals surface area contributed by atoms with Crippen molar-refractivity contribution < 1.29 is 19.4 Å². The Labute approximate surface area is 248 Å². The molecule has 6 heterocycles. The SMILES string of the molecule is O=C(O)c1ccc2nc(CN3CC=C(c4cccc(OCc5ccc(-n6ccnc6)cc5)n4)CC3)n(CC3CCO3)c2n1. The topological polar surface area (TPSA) is 120 Å². The van der Waals surface area contributed by atoms with Gasteiger partial charge in [-0.05, 0) is 54.3 Å². The van der Waals surface area contributed by atoms with Gasteiger partial charge in [0.2, 0.25) is 5.88 Å². The van der Waals surface area contributed by atoms with Crippen LogP contribution in [-0.2, 0) is 24.4 Å². The molecule has 0 amide bonds. The molecule has 4 aromatic heterocycles. The summed E-state index contributed by atoms with van der Waals surface area (Å²) in [5.74, 6) is 0.414. The third-order valence-corrected chi connectivity index (χ3v) is 7.91. The van der Waals surface area contributed by atoms with E-state index in [4.69, 9.17) is 19.4 Å². The van der Waals surface area contributed by atoms with Crippen LogP contribution in [0.15, 0.2) is 79.4 Å². The van der Waals surface area contributed by atoms with Crippen LogP contribution in [0.5, 0.6) is 5.88 Å². The number of pyridine rings is 2. The molecule has 0 aliphatic carbocycles. The smallest absolute Gasteiger partial charge is 0.354 e. The zero-order chi connectivity index (χ0) is 29.2. The van der Waals surface area contributed by atoms with Crippen LogP contribution in [0.3, 0.4) is 0 Å². The monoisotopic (exact) mass is 577 g/mol. The first-order valence-corrected chi connectivity index (χ1v) is 14.4. The molecular formula is C32H31N7O4. The van der Waals surface area contributed by atoms with E-state index in [-0.39, 0.29) is 11.8 Å². The van der Waals surface area contributed by atoms with E-state index in [9.17, 15) is 9.90 Å². The van der Waals surface area contributed by atoms with Crippen LogP contribution in [0, 0.1) is 0 Å². The molecule has 43 heavy (non-hydrogen) atoms. The molecule has 1 atom stereocenters. The van der Waals surface area contributed by atoms with Crippen molar-refractivity contribution in [2.24, 2.45) is 0 Å². The van der Waals surface area contributed by atoms with Crippen molar-refractivity contribution in [2.75, 3.05) is 19.7 Å². The Balaban J connectivity index is 1.01. The minimum Gasteiger partial charge on any atom is -0.477 e. The number of hydrogen-bond donors (Lipinski definition) is 1. The molecule has 0 radical (unpaired) electrons. The van der Waals surface area contributed by atoms with Crippen LogP contribution in [0.4, 0.5) is 0 Å². The maximum atomic E-state index is 11.5. The lowest BCUT2D eigenvalue weighted by molar-refractivity contribution is -0.0592. The quantitative estimate of drug-likeness (QED) is 0.258. The molecule has 1 unspecified atom stereocenters. The number of nitrogens with zero attached hydrogens (tertiary/aromatic N) is 7. The maximum absolute atomic E-state index is 11.5. The number of rotatable bonds is 10. The Morgan fingerprint density at radius 3 is 2.67 bits per heavy atom. The fourth-order valence-corrected chi connectivity index (χ4v) is 5.41. The fourth-order valence-electron chi connectivity index (χ4n) is 5.41. The summed E-state index contributed by atoms with van der Waals surface area (Å²) in [6.07, 6.45) is 9.59.